The molecule has 0 unspecified atom stereocenters. The molecule has 106 valence electrons. The Kier molecular flexibility index (Phi) is 4.13. The molecule has 1 aromatic carbocycles. The molecule has 0 N–H and O–H groups in total. The zero-order valence-electron chi connectivity index (χ0n) is 11.5. The molecule has 1 atom stereocenters. The minimum Gasteiger partial charge on any atom is -0.497 e. The largest absolute Gasteiger partial charge is 0.497 e. The molecule has 0 aliphatic carbocycles. The highest BCUT2D eigenvalue weighted by molar-refractivity contribution is 7.88. The number of likely N-dealkylation sites (N-methyl/N-ethyl adjacent to an activating group) is 1. The highest BCUT2D eigenvalue weighted by Gasteiger charge is 2.30. The maximum atomic E-state index is 11.7. The molecule has 1 saturated heterocycles. The second-order valence-electron chi connectivity index (χ2n) is 4.89. The Morgan fingerprint density at radius 1 is 1.21 bits per heavy atom. The predicted molar refractivity (Wildman–Crippen MR) is 74.8 cm³/mol. The topological polar surface area (TPSA) is 49.9 Å². The first-order valence-corrected chi connectivity index (χ1v) is 8.06. The van der Waals surface area contributed by atoms with Crippen molar-refractivity contribution < 1.29 is 13.2 Å². The molecule has 0 saturated carbocycles. The zero-order chi connectivity index (χ0) is 14.0. The molecule has 6 heteroatoms. The van der Waals surface area contributed by atoms with E-state index in [1.807, 2.05) is 31.3 Å². The quantitative estimate of drug-likeness (QED) is 0.829. The third-order valence-corrected chi connectivity index (χ3v) is 4.85. The van der Waals surface area contributed by atoms with E-state index in [1.165, 1.54) is 6.26 Å². The van der Waals surface area contributed by atoms with Crippen molar-refractivity contribution in [2.75, 3.05) is 40.0 Å². The van der Waals surface area contributed by atoms with E-state index in [4.69, 9.17) is 4.74 Å². The summed E-state index contributed by atoms with van der Waals surface area (Å²) in [5.41, 5.74) is 1.11. The molecule has 0 spiro atoms. The predicted octanol–water partition coefficient (Wildman–Crippen LogP) is 0.943. The van der Waals surface area contributed by atoms with E-state index in [-0.39, 0.29) is 6.04 Å². The van der Waals surface area contributed by atoms with Crippen molar-refractivity contribution in [2.24, 2.45) is 0 Å². The van der Waals surface area contributed by atoms with Crippen molar-refractivity contribution in [3.8, 4) is 5.75 Å². The Balaban J connectivity index is 2.20. The summed E-state index contributed by atoms with van der Waals surface area (Å²) in [6.45, 7) is 1.80. The number of piperazine rings is 1. The molecule has 5 nitrogen and oxygen atoms in total. The molecule has 0 aromatic heterocycles. The second kappa shape index (κ2) is 5.48. The maximum Gasteiger partial charge on any atom is 0.211 e. The summed E-state index contributed by atoms with van der Waals surface area (Å²) in [6, 6.07) is 7.89. The van der Waals surface area contributed by atoms with Crippen LogP contribution in [0.25, 0.3) is 0 Å². The van der Waals surface area contributed by atoms with Crippen LogP contribution in [0.3, 0.4) is 0 Å². The molecule has 2 rings (SSSR count). The molecule has 1 aromatic rings. The first-order valence-electron chi connectivity index (χ1n) is 6.21. The lowest BCUT2D eigenvalue weighted by atomic mass is 10.0. The summed E-state index contributed by atoms with van der Waals surface area (Å²) in [4.78, 5) is 2.18. The van der Waals surface area contributed by atoms with E-state index in [9.17, 15) is 8.42 Å². The Labute approximate surface area is 114 Å². The smallest absolute Gasteiger partial charge is 0.211 e. The number of hydrogen-bond donors (Lipinski definition) is 0. The van der Waals surface area contributed by atoms with Crippen LogP contribution in [-0.2, 0) is 10.0 Å². The fourth-order valence-corrected chi connectivity index (χ4v) is 3.16. The van der Waals surface area contributed by atoms with Gasteiger partial charge in [-0.05, 0) is 24.7 Å². The number of rotatable bonds is 3. The average molecular weight is 284 g/mol. The van der Waals surface area contributed by atoms with Crippen LogP contribution in [0.1, 0.15) is 11.6 Å². The highest BCUT2D eigenvalue weighted by Crippen LogP contribution is 2.26. The molecule has 1 fully saturated rings. The number of sulfonamides is 1. The lowest BCUT2D eigenvalue weighted by molar-refractivity contribution is 0.149. The van der Waals surface area contributed by atoms with Gasteiger partial charge in [-0.15, -0.1) is 0 Å². The number of hydrogen-bond acceptors (Lipinski definition) is 4. The fourth-order valence-electron chi connectivity index (χ4n) is 2.34. The highest BCUT2D eigenvalue weighted by atomic mass is 32.2. The third kappa shape index (κ3) is 3.26. The second-order valence-corrected chi connectivity index (χ2v) is 6.87. The molecule has 0 radical (unpaired) electrons. The van der Waals surface area contributed by atoms with Crippen molar-refractivity contribution in [1.29, 1.82) is 0 Å². The molecular formula is C13H20N2O3S. The average Bonchev–Trinajstić information content (AvgIpc) is 2.38. The van der Waals surface area contributed by atoms with Crippen LogP contribution in [0.2, 0.25) is 0 Å². The standard InChI is InChI=1S/C13H20N2O3S/c1-14-8-9-15(19(3,16)17)10-13(14)11-4-6-12(18-2)7-5-11/h4-7,13H,8-10H2,1-3H3/t13-/m1/s1. The minimum atomic E-state index is -3.12. The van der Waals surface area contributed by atoms with Crippen LogP contribution in [0.15, 0.2) is 24.3 Å². The van der Waals surface area contributed by atoms with Crippen molar-refractivity contribution in [3.63, 3.8) is 0 Å². The van der Waals surface area contributed by atoms with Crippen LogP contribution in [-0.4, -0.2) is 57.7 Å². The monoisotopic (exact) mass is 284 g/mol. The van der Waals surface area contributed by atoms with Gasteiger partial charge >= 0.3 is 0 Å². The maximum absolute atomic E-state index is 11.7. The summed E-state index contributed by atoms with van der Waals surface area (Å²) in [7, 11) is 0.533. The zero-order valence-corrected chi connectivity index (χ0v) is 12.4. The lowest BCUT2D eigenvalue weighted by Gasteiger charge is -2.38. The number of ether oxygens (including phenoxy) is 1. The molecule has 1 aliphatic rings. The minimum absolute atomic E-state index is 0.0920. The van der Waals surface area contributed by atoms with E-state index >= 15 is 0 Å². The van der Waals surface area contributed by atoms with Gasteiger partial charge in [0.25, 0.3) is 0 Å². The number of benzene rings is 1. The van der Waals surface area contributed by atoms with E-state index in [2.05, 4.69) is 4.90 Å². The Morgan fingerprint density at radius 3 is 2.37 bits per heavy atom. The summed E-state index contributed by atoms with van der Waals surface area (Å²) in [5, 5.41) is 0. The van der Waals surface area contributed by atoms with Gasteiger partial charge in [-0.1, -0.05) is 12.1 Å². The van der Waals surface area contributed by atoms with Gasteiger partial charge in [-0.2, -0.15) is 4.31 Å². The van der Waals surface area contributed by atoms with Crippen LogP contribution < -0.4 is 4.74 Å². The van der Waals surface area contributed by atoms with Crippen molar-refractivity contribution in [2.45, 2.75) is 6.04 Å². The Morgan fingerprint density at radius 2 is 1.84 bits per heavy atom. The van der Waals surface area contributed by atoms with Crippen LogP contribution in [0, 0.1) is 0 Å². The van der Waals surface area contributed by atoms with Gasteiger partial charge in [0.1, 0.15) is 5.75 Å². The van der Waals surface area contributed by atoms with Crippen LogP contribution >= 0.6 is 0 Å². The molecule has 0 bridgehead atoms. The number of nitrogens with zero attached hydrogens (tertiary/aromatic N) is 2. The first kappa shape index (κ1) is 14.3. The van der Waals surface area contributed by atoms with E-state index in [0.29, 0.717) is 13.1 Å². The molecule has 19 heavy (non-hydrogen) atoms. The van der Waals surface area contributed by atoms with Gasteiger partial charge < -0.3 is 4.74 Å². The van der Waals surface area contributed by atoms with Crippen LogP contribution in [0.5, 0.6) is 5.75 Å². The summed E-state index contributed by atoms with van der Waals surface area (Å²) < 4.78 is 30.0. The first-order chi connectivity index (χ1) is 8.91. The number of methoxy groups -OCH3 is 1. The molecular weight excluding hydrogens is 264 g/mol. The van der Waals surface area contributed by atoms with Gasteiger partial charge in [0.15, 0.2) is 0 Å². The lowest BCUT2D eigenvalue weighted by Crippen LogP contribution is -2.48. The fraction of sp³-hybridized carbons (Fsp3) is 0.538. The molecule has 1 aliphatic heterocycles. The van der Waals surface area contributed by atoms with Gasteiger partial charge in [-0.3, -0.25) is 4.90 Å². The van der Waals surface area contributed by atoms with E-state index in [1.54, 1.807) is 11.4 Å². The van der Waals surface area contributed by atoms with E-state index < -0.39 is 10.0 Å². The van der Waals surface area contributed by atoms with Crippen LogP contribution in [0.4, 0.5) is 0 Å². The molecule has 0 amide bonds. The molecule has 1 heterocycles. The van der Waals surface area contributed by atoms with Gasteiger partial charge in [0.05, 0.1) is 13.4 Å². The van der Waals surface area contributed by atoms with E-state index in [0.717, 1.165) is 17.9 Å². The van der Waals surface area contributed by atoms with Crippen molar-refractivity contribution in [1.82, 2.24) is 9.21 Å². The van der Waals surface area contributed by atoms with Gasteiger partial charge in [0.2, 0.25) is 10.0 Å². The SMILES string of the molecule is COc1ccc([C@H]2CN(S(C)(=O)=O)CCN2C)cc1. The Bertz CT molecular complexity index is 527. The van der Waals surface area contributed by atoms with Gasteiger partial charge in [0, 0.05) is 25.7 Å². The van der Waals surface area contributed by atoms with Gasteiger partial charge in [-0.25, -0.2) is 8.42 Å². The summed E-state index contributed by atoms with van der Waals surface area (Å²) in [5.74, 6) is 0.808. The van der Waals surface area contributed by atoms with Crippen molar-refractivity contribution >= 4 is 10.0 Å². The third-order valence-electron chi connectivity index (χ3n) is 3.58. The normalized spacial score (nSPS) is 22.4. The van der Waals surface area contributed by atoms with Crippen molar-refractivity contribution in [3.05, 3.63) is 29.8 Å². The Hall–Kier alpha value is -1.11. The summed E-state index contributed by atoms with van der Waals surface area (Å²) in [6.07, 6.45) is 1.27. The summed E-state index contributed by atoms with van der Waals surface area (Å²) >= 11 is 0.